The van der Waals surface area contributed by atoms with Crippen LogP contribution in [-0.2, 0) is 9.53 Å². The Bertz CT molecular complexity index is 583. The first-order valence-electron chi connectivity index (χ1n) is 6.20. The second kappa shape index (κ2) is 6.47. The summed E-state index contributed by atoms with van der Waals surface area (Å²) in [5, 5.41) is 3.06. The molecule has 4 nitrogen and oxygen atoms in total. The second-order valence-electron chi connectivity index (χ2n) is 4.14. The number of carbonyl (C=O) groups is 1. The van der Waals surface area contributed by atoms with Crippen molar-refractivity contribution in [2.24, 2.45) is 0 Å². The monoisotopic (exact) mass is 294 g/mol. The Morgan fingerprint density at radius 2 is 2.15 bits per heavy atom. The van der Waals surface area contributed by atoms with Gasteiger partial charge in [-0.2, -0.15) is 0 Å². The molecular weight excluding hydrogens is 279 g/mol. The van der Waals surface area contributed by atoms with E-state index in [0.717, 1.165) is 10.6 Å². The molecule has 1 heterocycles. The molecule has 1 unspecified atom stereocenters. The molecule has 0 spiro atoms. The highest BCUT2D eigenvalue weighted by Gasteiger charge is 2.25. The second-order valence-corrected chi connectivity index (χ2v) is 5.02. The van der Waals surface area contributed by atoms with Gasteiger partial charge in [0.25, 0.3) is 0 Å². The molecular formula is C14H15FN2O2S. The van der Waals surface area contributed by atoms with Crippen LogP contribution in [0.1, 0.15) is 23.5 Å². The van der Waals surface area contributed by atoms with E-state index in [-0.39, 0.29) is 11.8 Å². The summed E-state index contributed by atoms with van der Waals surface area (Å²) in [5.41, 5.74) is 3.11. The predicted molar refractivity (Wildman–Crippen MR) is 76.2 cm³/mol. The number of nitrogens with zero attached hydrogens (tertiary/aromatic N) is 1. The third-order valence-corrected chi connectivity index (χ3v) is 3.72. The third-order valence-electron chi connectivity index (χ3n) is 2.72. The van der Waals surface area contributed by atoms with Crippen molar-refractivity contribution in [3.63, 3.8) is 0 Å². The molecule has 0 bridgehead atoms. The van der Waals surface area contributed by atoms with Gasteiger partial charge in [-0.05, 0) is 38.1 Å². The summed E-state index contributed by atoms with van der Waals surface area (Å²) in [6, 6.07) is 5.21. The molecule has 0 fully saturated rings. The smallest absolute Gasteiger partial charge is 0.334 e. The lowest BCUT2D eigenvalue weighted by Crippen LogP contribution is -2.23. The number of aromatic nitrogens is 1. The number of nitrogens with one attached hydrogen (secondary N) is 1. The molecule has 0 saturated heterocycles. The number of benzene rings is 1. The normalized spacial score (nSPS) is 11.9. The summed E-state index contributed by atoms with van der Waals surface area (Å²) >= 11 is 1.39. The van der Waals surface area contributed by atoms with Crippen LogP contribution in [0.5, 0.6) is 0 Å². The van der Waals surface area contributed by atoms with Crippen molar-refractivity contribution in [1.29, 1.82) is 0 Å². The molecule has 6 heteroatoms. The molecule has 0 aliphatic heterocycles. The van der Waals surface area contributed by atoms with Crippen LogP contribution in [0.15, 0.2) is 29.8 Å². The Kier molecular flexibility index (Phi) is 4.68. The van der Waals surface area contributed by atoms with E-state index in [1.807, 2.05) is 6.92 Å². The van der Waals surface area contributed by atoms with Crippen molar-refractivity contribution in [3.8, 4) is 0 Å². The highest BCUT2D eigenvalue weighted by molar-refractivity contribution is 7.10. The van der Waals surface area contributed by atoms with Gasteiger partial charge < -0.3 is 10.1 Å². The van der Waals surface area contributed by atoms with E-state index in [1.54, 1.807) is 24.6 Å². The fourth-order valence-electron chi connectivity index (χ4n) is 1.76. The van der Waals surface area contributed by atoms with Crippen LogP contribution in [0.2, 0.25) is 0 Å². The van der Waals surface area contributed by atoms with Crippen LogP contribution in [-0.4, -0.2) is 17.6 Å². The quantitative estimate of drug-likeness (QED) is 0.860. The first-order valence-corrected chi connectivity index (χ1v) is 7.08. The Morgan fingerprint density at radius 3 is 2.70 bits per heavy atom. The largest absolute Gasteiger partial charge is 0.464 e. The molecule has 1 aromatic heterocycles. The van der Waals surface area contributed by atoms with Crippen LogP contribution >= 0.6 is 11.3 Å². The fraction of sp³-hybridized carbons (Fsp3) is 0.286. The zero-order valence-corrected chi connectivity index (χ0v) is 12.0. The van der Waals surface area contributed by atoms with Crippen molar-refractivity contribution in [3.05, 3.63) is 46.2 Å². The van der Waals surface area contributed by atoms with Gasteiger partial charge in [-0.3, -0.25) is 0 Å². The van der Waals surface area contributed by atoms with E-state index in [4.69, 9.17) is 4.74 Å². The number of carbonyl (C=O) groups excluding carboxylic acids is 1. The molecule has 1 N–H and O–H groups in total. The number of halogens is 1. The minimum Gasteiger partial charge on any atom is -0.464 e. The van der Waals surface area contributed by atoms with Crippen molar-refractivity contribution in [1.82, 2.24) is 4.98 Å². The lowest BCUT2D eigenvalue weighted by molar-refractivity contribution is -0.144. The predicted octanol–water partition coefficient (Wildman–Crippen LogP) is 3.31. The Morgan fingerprint density at radius 1 is 1.45 bits per heavy atom. The van der Waals surface area contributed by atoms with E-state index in [1.165, 1.54) is 23.5 Å². The summed E-state index contributed by atoms with van der Waals surface area (Å²) < 4.78 is 18.0. The number of esters is 1. The van der Waals surface area contributed by atoms with Crippen molar-refractivity contribution < 1.29 is 13.9 Å². The van der Waals surface area contributed by atoms with Crippen LogP contribution in [0.3, 0.4) is 0 Å². The Hall–Kier alpha value is -1.95. The molecule has 106 valence electrons. The molecule has 1 aromatic carbocycles. The van der Waals surface area contributed by atoms with Crippen molar-refractivity contribution in [2.45, 2.75) is 19.9 Å². The van der Waals surface area contributed by atoms with Crippen LogP contribution in [0.4, 0.5) is 10.1 Å². The number of thiazole rings is 1. The van der Waals surface area contributed by atoms with Gasteiger partial charge in [-0.1, -0.05) is 0 Å². The zero-order chi connectivity index (χ0) is 14.5. The number of aryl methyl sites for hydroxylation is 1. The number of hydrogen-bond donors (Lipinski definition) is 1. The third kappa shape index (κ3) is 3.33. The first-order chi connectivity index (χ1) is 9.61. The SMILES string of the molecule is CCOC(=O)C(Nc1ccc(F)cc1)c1scnc1C. The summed E-state index contributed by atoms with van der Waals surface area (Å²) in [6.07, 6.45) is 0. The van der Waals surface area contributed by atoms with Crippen LogP contribution in [0.25, 0.3) is 0 Å². The summed E-state index contributed by atoms with van der Waals surface area (Å²) in [7, 11) is 0. The number of hydrogen-bond acceptors (Lipinski definition) is 5. The van der Waals surface area contributed by atoms with Crippen molar-refractivity contribution >= 4 is 23.0 Å². The molecule has 20 heavy (non-hydrogen) atoms. The number of rotatable bonds is 5. The van der Waals surface area contributed by atoms with E-state index < -0.39 is 6.04 Å². The van der Waals surface area contributed by atoms with Gasteiger partial charge >= 0.3 is 5.97 Å². The highest BCUT2D eigenvalue weighted by atomic mass is 32.1. The Balaban J connectivity index is 2.25. The Labute approximate surface area is 120 Å². The molecule has 2 aromatic rings. The fourth-order valence-corrected chi connectivity index (χ4v) is 2.60. The number of ether oxygens (including phenoxy) is 1. The average Bonchev–Trinajstić information content (AvgIpc) is 2.84. The van der Waals surface area contributed by atoms with E-state index in [2.05, 4.69) is 10.3 Å². The van der Waals surface area contributed by atoms with Crippen LogP contribution in [0, 0.1) is 12.7 Å². The van der Waals surface area contributed by atoms with Crippen molar-refractivity contribution in [2.75, 3.05) is 11.9 Å². The highest BCUT2D eigenvalue weighted by Crippen LogP contribution is 2.27. The molecule has 1 atom stereocenters. The van der Waals surface area contributed by atoms with Gasteiger partial charge in [-0.25, -0.2) is 14.2 Å². The zero-order valence-electron chi connectivity index (χ0n) is 11.2. The lowest BCUT2D eigenvalue weighted by atomic mass is 10.2. The topological polar surface area (TPSA) is 51.2 Å². The maximum absolute atomic E-state index is 12.9. The van der Waals surface area contributed by atoms with Gasteiger partial charge in [0, 0.05) is 5.69 Å². The van der Waals surface area contributed by atoms with Crippen LogP contribution < -0.4 is 5.32 Å². The van der Waals surface area contributed by atoms with E-state index in [0.29, 0.717) is 12.3 Å². The van der Waals surface area contributed by atoms with Gasteiger partial charge in [0.15, 0.2) is 6.04 Å². The molecule has 2 rings (SSSR count). The first kappa shape index (κ1) is 14.5. The average molecular weight is 294 g/mol. The number of anilines is 1. The maximum Gasteiger partial charge on any atom is 0.334 e. The lowest BCUT2D eigenvalue weighted by Gasteiger charge is -2.17. The molecule has 0 aliphatic carbocycles. The molecule has 0 saturated carbocycles. The minimum atomic E-state index is -0.632. The minimum absolute atomic E-state index is 0.304. The molecule has 0 amide bonds. The van der Waals surface area contributed by atoms with Gasteiger partial charge in [-0.15, -0.1) is 11.3 Å². The summed E-state index contributed by atoms with van der Waals surface area (Å²) in [4.78, 5) is 17.0. The van der Waals surface area contributed by atoms with E-state index >= 15 is 0 Å². The molecule has 0 aliphatic rings. The van der Waals surface area contributed by atoms with Gasteiger partial charge in [0.05, 0.1) is 22.7 Å². The summed E-state index contributed by atoms with van der Waals surface area (Å²) in [5.74, 6) is -0.693. The van der Waals surface area contributed by atoms with Gasteiger partial charge in [0.1, 0.15) is 5.82 Å². The van der Waals surface area contributed by atoms with E-state index in [9.17, 15) is 9.18 Å². The molecule has 0 radical (unpaired) electrons. The maximum atomic E-state index is 12.9. The summed E-state index contributed by atoms with van der Waals surface area (Å²) in [6.45, 7) is 3.90. The standard InChI is InChI=1S/C14H15FN2O2S/c1-3-19-14(18)12(13-9(2)16-8-20-13)17-11-6-4-10(15)5-7-11/h4-8,12,17H,3H2,1-2H3. The van der Waals surface area contributed by atoms with Gasteiger partial charge in [0.2, 0.25) is 0 Å².